The fourth-order valence-electron chi connectivity index (χ4n) is 2.80. The molecule has 0 heterocycles. The summed E-state index contributed by atoms with van der Waals surface area (Å²) in [7, 11) is 0. The van der Waals surface area contributed by atoms with Gasteiger partial charge in [0.15, 0.2) is 0 Å². The summed E-state index contributed by atoms with van der Waals surface area (Å²) in [6, 6.07) is 18.8. The first-order valence-electron chi connectivity index (χ1n) is 7.07. The molecule has 0 bridgehead atoms. The van der Waals surface area contributed by atoms with Crippen molar-refractivity contribution in [2.75, 3.05) is 0 Å². The van der Waals surface area contributed by atoms with Gasteiger partial charge in [-0.2, -0.15) is 0 Å². The predicted octanol–water partition coefficient (Wildman–Crippen LogP) is 4.62. The molecule has 0 saturated heterocycles. The Bertz CT molecular complexity index is 779. The van der Waals surface area contributed by atoms with Crippen LogP contribution in [0.5, 0.6) is 0 Å². The number of fused-ring (bicyclic) bond motifs is 1. The third-order valence-electron chi connectivity index (χ3n) is 4.04. The van der Waals surface area contributed by atoms with Crippen molar-refractivity contribution in [3.05, 3.63) is 83.2 Å². The normalized spacial score (nSPS) is 12.5. The molecule has 3 rings (SSSR count). The van der Waals surface area contributed by atoms with E-state index in [1.54, 1.807) is 6.07 Å². The first-order chi connectivity index (χ1) is 10.2. The number of aliphatic hydroxyl groups is 1. The summed E-state index contributed by atoms with van der Waals surface area (Å²) in [6.45, 7) is 2.10. The van der Waals surface area contributed by atoms with Crippen molar-refractivity contribution in [3.8, 4) is 0 Å². The standard InChI is InChI=1S/C19H17FO/c1-13(17-7-3-2-5-16(17)12-21)15-10-9-14-6-4-8-19(20)18(14)11-15/h2-11,13,21H,12H2,1H3. The molecule has 0 spiro atoms. The topological polar surface area (TPSA) is 20.2 Å². The van der Waals surface area contributed by atoms with Gasteiger partial charge in [-0.15, -0.1) is 0 Å². The number of aliphatic hydroxyl groups excluding tert-OH is 1. The van der Waals surface area contributed by atoms with Crippen molar-refractivity contribution >= 4 is 10.8 Å². The molecular weight excluding hydrogens is 263 g/mol. The summed E-state index contributed by atoms with van der Waals surface area (Å²) in [4.78, 5) is 0. The predicted molar refractivity (Wildman–Crippen MR) is 83.8 cm³/mol. The van der Waals surface area contributed by atoms with Crippen LogP contribution < -0.4 is 0 Å². The molecular formula is C19H17FO. The minimum atomic E-state index is -0.197. The van der Waals surface area contributed by atoms with Crippen molar-refractivity contribution in [1.29, 1.82) is 0 Å². The Morgan fingerprint density at radius 1 is 1.00 bits per heavy atom. The molecule has 1 atom stereocenters. The summed E-state index contributed by atoms with van der Waals surface area (Å²) in [5.41, 5.74) is 3.04. The Morgan fingerprint density at radius 3 is 2.62 bits per heavy atom. The van der Waals surface area contributed by atoms with Crippen molar-refractivity contribution in [1.82, 2.24) is 0 Å². The smallest absolute Gasteiger partial charge is 0.131 e. The fraction of sp³-hybridized carbons (Fsp3) is 0.158. The van der Waals surface area contributed by atoms with Crippen LogP contribution >= 0.6 is 0 Å². The van der Waals surface area contributed by atoms with Crippen molar-refractivity contribution < 1.29 is 9.50 Å². The number of hydrogen-bond donors (Lipinski definition) is 1. The minimum Gasteiger partial charge on any atom is -0.392 e. The van der Waals surface area contributed by atoms with Crippen LogP contribution in [0.1, 0.15) is 29.5 Å². The highest BCUT2D eigenvalue weighted by Crippen LogP contribution is 2.30. The third-order valence-corrected chi connectivity index (χ3v) is 4.04. The van der Waals surface area contributed by atoms with E-state index in [1.807, 2.05) is 48.5 Å². The van der Waals surface area contributed by atoms with Gasteiger partial charge >= 0.3 is 0 Å². The maximum absolute atomic E-state index is 13.9. The Balaban J connectivity index is 2.09. The Hall–Kier alpha value is -2.19. The van der Waals surface area contributed by atoms with E-state index in [-0.39, 0.29) is 18.3 Å². The van der Waals surface area contributed by atoms with Crippen LogP contribution in [0.4, 0.5) is 4.39 Å². The molecule has 0 aliphatic rings. The minimum absolute atomic E-state index is 0.0163. The molecule has 0 fully saturated rings. The van der Waals surface area contributed by atoms with Gasteiger partial charge in [-0.05, 0) is 34.2 Å². The molecule has 3 aromatic rings. The molecule has 1 unspecified atom stereocenters. The summed E-state index contributed by atoms with van der Waals surface area (Å²) in [5, 5.41) is 11.0. The molecule has 106 valence electrons. The maximum Gasteiger partial charge on any atom is 0.131 e. The Kier molecular flexibility index (Phi) is 3.72. The number of benzene rings is 3. The first-order valence-corrected chi connectivity index (χ1v) is 7.07. The lowest BCUT2D eigenvalue weighted by molar-refractivity contribution is 0.280. The summed E-state index contributed by atoms with van der Waals surface area (Å²) in [6.07, 6.45) is 0. The SMILES string of the molecule is CC(c1ccc2cccc(F)c2c1)c1ccccc1CO. The zero-order valence-corrected chi connectivity index (χ0v) is 11.9. The lowest BCUT2D eigenvalue weighted by Gasteiger charge is -2.16. The molecule has 1 nitrogen and oxygen atoms in total. The average molecular weight is 280 g/mol. The van der Waals surface area contributed by atoms with Gasteiger partial charge in [-0.25, -0.2) is 4.39 Å². The molecule has 0 saturated carbocycles. The van der Waals surface area contributed by atoms with Gasteiger partial charge in [0.05, 0.1) is 6.61 Å². The highest BCUT2D eigenvalue weighted by molar-refractivity contribution is 5.84. The lowest BCUT2D eigenvalue weighted by atomic mass is 9.89. The van der Waals surface area contributed by atoms with Crippen LogP contribution in [-0.2, 0) is 6.61 Å². The number of hydrogen-bond acceptors (Lipinski definition) is 1. The third kappa shape index (κ3) is 2.55. The first kappa shape index (κ1) is 13.8. The van der Waals surface area contributed by atoms with Crippen molar-refractivity contribution in [2.24, 2.45) is 0 Å². The van der Waals surface area contributed by atoms with E-state index in [2.05, 4.69) is 6.92 Å². The van der Waals surface area contributed by atoms with Gasteiger partial charge in [0, 0.05) is 11.3 Å². The van der Waals surface area contributed by atoms with Gasteiger partial charge in [0.1, 0.15) is 5.82 Å². The molecule has 0 aromatic heterocycles. The largest absolute Gasteiger partial charge is 0.392 e. The van der Waals surface area contributed by atoms with E-state index < -0.39 is 0 Å². The summed E-state index contributed by atoms with van der Waals surface area (Å²) in [5.74, 6) is -0.0886. The van der Waals surface area contributed by atoms with Crippen LogP contribution in [0.25, 0.3) is 10.8 Å². The molecule has 0 aliphatic carbocycles. The lowest BCUT2D eigenvalue weighted by Crippen LogP contribution is -2.01. The molecule has 3 aromatic carbocycles. The molecule has 0 radical (unpaired) electrons. The monoisotopic (exact) mass is 280 g/mol. The zero-order chi connectivity index (χ0) is 14.8. The van der Waals surface area contributed by atoms with E-state index in [9.17, 15) is 9.50 Å². The fourth-order valence-corrected chi connectivity index (χ4v) is 2.80. The highest BCUT2D eigenvalue weighted by Gasteiger charge is 2.13. The highest BCUT2D eigenvalue weighted by atomic mass is 19.1. The Morgan fingerprint density at radius 2 is 1.81 bits per heavy atom. The van der Waals surface area contributed by atoms with E-state index in [0.717, 1.165) is 22.1 Å². The zero-order valence-electron chi connectivity index (χ0n) is 11.9. The van der Waals surface area contributed by atoms with Crippen LogP contribution in [0.15, 0.2) is 60.7 Å². The van der Waals surface area contributed by atoms with Crippen molar-refractivity contribution in [3.63, 3.8) is 0 Å². The van der Waals surface area contributed by atoms with Gasteiger partial charge < -0.3 is 5.11 Å². The van der Waals surface area contributed by atoms with E-state index in [1.165, 1.54) is 6.07 Å². The van der Waals surface area contributed by atoms with E-state index in [4.69, 9.17) is 0 Å². The Labute approximate surface area is 123 Å². The average Bonchev–Trinajstić information content (AvgIpc) is 2.54. The second-order valence-corrected chi connectivity index (χ2v) is 5.30. The maximum atomic E-state index is 13.9. The van der Waals surface area contributed by atoms with Crippen molar-refractivity contribution in [2.45, 2.75) is 19.4 Å². The summed E-state index contributed by atoms with van der Waals surface area (Å²) >= 11 is 0. The van der Waals surface area contributed by atoms with Crippen LogP contribution in [0.3, 0.4) is 0 Å². The van der Waals surface area contributed by atoms with Crippen LogP contribution in [0.2, 0.25) is 0 Å². The number of halogens is 1. The van der Waals surface area contributed by atoms with Crippen LogP contribution in [-0.4, -0.2) is 5.11 Å². The molecule has 0 aliphatic heterocycles. The molecule has 2 heteroatoms. The van der Waals surface area contributed by atoms with Gasteiger partial charge in [0.2, 0.25) is 0 Å². The van der Waals surface area contributed by atoms with Gasteiger partial charge in [-0.3, -0.25) is 0 Å². The molecule has 21 heavy (non-hydrogen) atoms. The van der Waals surface area contributed by atoms with Crippen LogP contribution in [0, 0.1) is 5.82 Å². The molecule has 1 N–H and O–H groups in total. The summed E-state index contributed by atoms with van der Waals surface area (Å²) < 4.78 is 13.9. The van der Waals surface area contributed by atoms with E-state index in [0.29, 0.717) is 5.39 Å². The second kappa shape index (κ2) is 5.66. The quantitative estimate of drug-likeness (QED) is 0.742. The van der Waals surface area contributed by atoms with Gasteiger partial charge in [0.25, 0.3) is 0 Å². The molecule has 0 amide bonds. The second-order valence-electron chi connectivity index (χ2n) is 5.30. The number of rotatable bonds is 3. The van der Waals surface area contributed by atoms with E-state index >= 15 is 0 Å². The van der Waals surface area contributed by atoms with Gasteiger partial charge in [-0.1, -0.05) is 55.5 Å².